The number of carbonyl (C=O) groups excluding carboxylic acids is 1. The predicted molar refractivity (Wildman–Crippen MR) is 98.2 cm³/mol. The smallest absolute Gasteiger partial charge is 0.265 e. The molecule has 1 fully saturated rings. The van der Waals surface area contributed by atoms with Gasteiger partial charge in [0.1, 0.15) is 0 Å². The lowest BCUT2D eigenvalue weighted by Gasteiger charge is -2.36. The Morgan fingerprint density at radius 2 is 2.24 bits per heavy atom. The Morgan fingerprint density at radius 3 is 2.88 bits per heavy atom. The number of pyridine rings is 1. The zero-order valence-corrected chi connectivity index (χ0v) is 15.6. The van der Waals surface area contributed by atoms with Gasteiger partial charge in [0.2, 0.25) is 4.93 Å². The highest BCUT2D eigenvalue weighted by molar-refractivity contribution is 8.01. The molecule has 2 rings (SSSR count). The first-order chi connectivity index (χ1) is 12.2. The number of hydrogen-bond acceptors (Lipinski definition) is 6. The summed E-state index contributed by atoms with van der Waals surface area (Å²) in [5, 5.41) is 3.62. The van der Waals surface area contributed by atoms with Gasteiger partial charge in [0, 0.05) is 39.4 Å². The Hall–Kier alpha value is -1.59. The van der Waals surface area contributed by atoms with E-state index in [-0.39, 0.29) is 5.91 Å². The van der Waals surface area contributed by atoms with Crippen molar-refractivity contribution in [2.24, 2.45) is 0 Å². The second-order valence-electron chi connectivity index (χ2n) is 5.51. The van der Waals surface area contributed by atoms with Crippen LogP contribution in [0.1, 0.15) is 13.3 Å². The third-order valence-corrected chi connectivity index (χ3v) is 5.02. The maximum Gasteiger partial charge on any atom is 0.265 e. The SMILES string of the molecule is CCC#CCNC(=O)C(CN1CCOCC1)(OC)Sc1ccccn1. The van der Waals surface area contributed by atoms with E-state index in [0.29, 0.717) is 26.3 Å². The lowest BCUT2D eigenvalue weighted by molar-refractivity contribution is -0.136. The second kappa shape index (κ2) is 10.4. The molecule has 0 aliphatic carbocycles. The molecule has 7 heteroatoms. The van der Waals surface area contributed by atoms with Crippen LogP contribution in [0.2, 0.25) is 0 Å². The first-order valence-corrected chi connectivity index (χ1v) is 9.21. The molecule has 136 valence electrons. The number of rotatable bonds is 7. The molecule has 25 heavy (non-hydrogen) atoms. The number of amides is 1. The minimum Gasteiger partial charge on any atom is -0.379 e. The van der Waals surface area contributed by atoms with Crippen molar-refractivity contribution in [2.75, 3.05) is 46.5 Å². The van der Waals surface area contributed by atoms with E-state index in [0.717, 1.165) is 24.5 Å². The molecular weight excluding hydrogens is 338 g/mol. The first-order valence-electron chi connectivity index (χ1n) is 8.39. The number of carbonyl (C=O) groups is 1. The first kappa shape index (κ1) is 19.7. The van der Waals surface area contributed by atoms with E-state index in [1.165, 1.54) is 11.8 Å². The van der Waals surface area contributed by atoms with Gasteiger partial charge in [-0.3, -0.25) is 9.69 Å². The molecule has 1 aliphatic rings. The molecule has 0 spiro atoms. The monoisotopic (exact) mass is 363 g/mol. The van der Waals surface area contributed by atoms with Crippen molar-refractivity contribution in [1.82, 2.24) is 15.2 Å². The molecule has 1 amide bonds. The lowest BCUT2D eigenvalue weighted by atomic mass is 10.2. The average molecular weight is 363 g/mol. The summed E-state index contributed by atoms with van der Waals surface area (Å²) in [5.41, 5.74) is 0. The number of methoxy groups -OCH3 is 1. The Bertz CT molecular complexity index is 597. The minimum absolute atomic E-state index is 0.192. The van der Waals surface area contributed by atoms with E-state index in [9.17, 15) is 4.79 Å². The van der Waals surface area contributed by atoms with Crippen LogP contribution in [0.5, 0.6) is 0 Å². The summed E-state index contributed by atoms with van der Waals surface area (Å²) in [4.78, 5) is 18.4. The predicted octanol–water partition coefficient (Wildman–Crippen LogP) is 1.38. The standard InChI is InChI=1S/C18H25N3O3S/c1-3-4-6-10-20-17(22)18(23-2,15-21-11-13-24-14-12-21)25-16-8-5-7-9-19-16/h5,7-9H,3,10-15H2,1-2H3,(H,20,22). The van der Waals surface area contributed by atoms with Gasteiger partial charge in [-0.05, 0) is 12.1 Å². The number of thioether (sulfide) groups is 1. The molecule has 1 aliphatic heterocycles. The van der Waals surface area contributed by atoms with Crippen molar-refractivity contribution in [2.45, 2.75) is 23.3 Å². The third kappa shape index (κ3) is 6.01. The second-order valence-corrected chi connectivity index (χ2v) is 6.79. The van der Waals surface area contributed by atoms with Crippen molar-refractivity contribution < 1.29 is 14.3 Å². The summed E-state index contributed by atoms with van der Waals surface area (Å²) < 4.78 is 11.1. The molecule has 1 atom stereocenters. The van der Waals surface area contributed by atoms with Gasteiger partial charge in [0.15, 0.2) is 0 Å². The highest BCUT2D eigenvalue weighted by atomic mass is 32.2. The van der Waals surface area contributed by atoms with E-state index >= 15 is 0 Å². The van der Waals surface area contributed by atoms with Crippen LogP contribution < -0.4 is 5.32 Å². The zero-order chi connectivity index (χ0) is 18.0. The summed E-state index contributed by atoms with van der Waals surface area (Å²) in [6.45, 7) is 5.62. The molecule has 2 heterocycles. The largest absolute Gasteiger partial charge is 0.379 e. The van der Waals surface area contributed by atoms with E-state index < -0.39 is 4.93 Å². The van der Waals surface area contributed by atoms with E-state index in [1.807, 2.05) is 25.1 Å². The van der Waals surface area contributed by atoms with Gasteiger partial charge in [-0.25, -0.2) is 4.98 Å². The van der Waals surface area contributed by atoms with Gasteiger partial charge >= 0.3 is 0 Å². The number of ether oxygens (including phenoxy) is 2. The topological polar surface area (TPSA) is 63.7 Å². The van der Waals surface area contributed by atoms with Crippen molar-refractivity contribution in [3.8, 4) is 11.8 Å². The fourth-order valence-corrected chi connectivity index (χ4v) is 3.52. The summed E-state index contributed by atoms with van der Waals surface area (Å²) in [7, 11) is 1.56. The lowest BCUT2D eigenvalue weighted by Crippen LogP contribution is -2.55. The van der Waals surface area contributed by atoms with Gasteiger partial charge in [0.05, 0.1) is 24.8 Å². The number of nitrogens with zero attached hydrogens (tertiary/aromatic N) is 2. The Labute approximate surface area is 153 Å². The number of aromatic nitrogens is 1. The molecule has 1 unspecified atom stereocenters. The van der Waals surface area contributed by atoms with E-state index in [1.54, 1.807) is 13.3 Å². The summed E-state index contributed by atoms with van der Waals surface area (Å²) >= 11 is 1.33. The van der Waals surface area contributed by atoms with Crippen LogP contribution in [-0.4, -0.2) is 67.2 Å². The Morgan fingerprint density at radius 1 is 1.44 bits per heavy atom. The molecule has 0 aromatic carbocycles. The molecule has 1 saturated heterocycles. The quantitative estimate of drug-likeness (QED) is 0.449. The molecule has 1 aromatic rings. The Balaban J connectivity index is 2.15. The maximum absolute atomic E-state index is 12.9. The van der Waals surface area contributed by atoms with Crippen molar-refractivity contribution >= 4 is 17.7 Å². The van der Waals surface area contributed by atoms with Crippen LogP contribution >= 0.6 is 11.8 Å². The van der Waals surface area contributed by atoms with Crippen LogP contribution in [0.25, 0.3) is 0 Å². The van der Waals surface area contributed by atoms with Crippen LogP contribution in [0.4, 0.5) is 0 Å². The fourth-order valence-electron chi connectivity index (χ4n) is 2.43. The maximum atomic E-state index is 12.9. The highest BCUT2D eigenvalue weighted by Crippen LogP contribution is 2.34. The van der Waals surface area contributed by atoms with Crippen LogP contribution in [0, 0.1) is 11.8 Å². The zero-order valence-electron chi connectivity index (χ0n) is 14.8. The van der Waals surface area contributed by atoms with Crippen LogP contribution in [0.15, 0.2) is 29.4 Å². The highest BCUT2D eigenvalue weighted by Gasteiger charge is 2.42. The molecule has 1 aromatic heterocycles. The van der Waals surface area contributed by atoms with Crippen LogP contribution in [-0.2, 0) is 14.3 Å². The van der Waals surface area contributed by atoms with E-state index in [4.69, 9.17) is 9.47 Å². The average Bonchev–Trinajstić information content (AvgIpc) is 2.66. The fraction of sp³-hybridized carbons (Fsp3) is 0.556. The number of hydrogen-bond donors (Lipinski definition) is 1. The van der Waals surface area contributed by atoms with Gasteiger partial charge < -0.3 is 14.8 Å². The molecular formula is C18H25N3O3S. The molecule has 0 bridgehead atoms. The summed E-state index contributed by atoms with van der Waals surface area (Å²) in [6.07, 6.45) is 2.48. The normalized spacial score (nSPS) is 17.2. The van der Waals surface area contributed by atoms with Crippen molar-refractivity contribution in [3.63, 3.8) is 0 Å². The van der Waals surface area contributed by atoms with Gasteiger partial charge in [-0.15, -0.1) is 5.92 Å². The van der Waals surface area contributed by atoms with Gasteiger partial charge in [0.25, 0.3) is 5.91 Å². The van der Waals surface area contributed by atoms with Gasteiger partial charge in [-0.1, -0.05) is 30.7 Å². The molecule has 0 saturated carbocycles. The summed E-state index contributed by atoms with van der Waals surface area (Å²) in [5.74, 6) is 5.69. The minimum atomic E-state index is -1.08. The number of nitrogens with one attached hydrogen (secondary N) is 1. The molecule has 6 nitrogen and oxygen atoms in total. The van der Waals surface area contributed by atoms with Crippen molar-refractivity contribution in [3.05, 3.63) is 24.4 Å². The Kier molecular flexibility index (Phi) is 8.22. The molecule has 0 radical (unpaired) electrons. The summed E-state index contributed by atoms with van der Waals surface area (Å²) in [6, 6.07) is 5.62. The number of morpholine rings is 1. The van der Waals surface area contributed by atoms with Crippen LogP contribution in [0.3, 0.4) is 0 Å². The van der Waals surface area contributed by atoms with E-state index in [2.05, 4.69) is 27.0 Å². The molecule has 1 N–H and O–H groups in total. The van der Waals surface area contributed by atoms with Crippen molar-refractivity contribution in [1.29, 1.82) is 0 Å². The third-order valence-electron chi connectivity index (χ3n) is 3.76. The van der Waals surface area contributed by atoms with Gasteiger partial charge in [-0.2, -0.15) is 0 Å².